The third-order valence-corrected chi connectivity index (χ3v) is 1.000. The quantitative estimate of drug-likeness (QED) is 0.484. The van der Waals surface area contributed by atoms with Gasteiger partial charge in [-0.1, -0.05) is 19.7 Å². The van der Waals surface area contributed by atoms with E-state index in [0.717, 1.165) is 11.4 Å². The van der Waals surface area contributed by atoms with E-state index >= 15 is 0 Å². The Morgan fingerprint density at radius 2 is 1.82 bits per heavy atom. The van der Waals surface area contributed by atoms with Crippen LogP contribution in [0.25, 0.3) is 0 Å². The first kappa shape index (κ1) is 10.1. The van der Waals surface area contributed by atoms with Crippen molar-refractivity contribution in [1.29, 1.82) is 0 Å². The maximum absolute atomic E-state index is 3.99. The molecule has 0 rings (SSSR count). The van der Waals surface area contributed by atoms with E-state index < -0.39 is 0 Å². The second-order valence-corrected chi connectivity index (χ2v) is 2.83. The predicted molar refractivity (Wildman–Crippen MR) is 54.4 cm³/mol. The summed E-state index contributed by atoms with van der Waals surface area (Å²) in [6.07, 6.45) is 3.56. The Bertz CT molecular complexity index is 214. The first-order valence-electron chi connectivity index (χ1n) is 3.19. The molecule has 0 spiro atoms. The van der Waals surface area contributed by atoms with Gasteiger partial charge in [-0.05, 0) is 24.0 Å². The summed E-state index contributed by atoms with van der Waals surface area (Å²) in [5, 5.41) is 2.95. The Hall–Kier alpha value is -0.890. The highest BCUT2D eigenvalue weighted by molar-refractivity contribution is 7.84. The molecule has 0 aliphatic heterocycles. The summed E-state index contributed by atoms with van der Waals surface area (Å²) in [6.45, 7) is 12.9. The number of thiol groups is 1. The van der Waals surface area contributed by atoms with Crippen LogP contribution in [0.15, 0.2) is 48.2 Å². The average Bonchev–Trinajstić information content (AvgIpc) is 1.82. The Labute approximate surface area is 73.6 Å². The topological polar surface area (TPSA) is 12.0 Å². The van der Waals surface area contributed by atoms with Gasteiger partial charge in [0.15, 0.2) is 0 Å². The molecule has 0 fully saturated rings. The molecule has 0 unspecified atom stereocenters. The molecule has 1 nitrogen and oxygen atoms in total. The fourth-order valence-electron chi connectivity index (χ4n) is 0.513. The highest BCUT2D eigenvalue weighted by Gasteiger charge is 1.85. The second kappa shape index (κ2) is 4.85. The fraction of sp³-hybridized carbons (Fsp3) is 0.111. The van der Waals surface area contributed by atoms with E-state index in [-0.39, 0.29) is 0 Å². The molecule has 0 atom stereocenters. The molecule has 0 saturated heterocycles. The van der Waals surface area contributed by atoms with Crippen molar-refractivity contribution in [1.82, 2.24) is 5.32 Å². The molecule has 0 amide bonds. The van der Waals surface area contributed by atoms with E-state index in [1.165, 1.54) is 0 Å². The van der Waals surface area contributed by atoms with Crippen LogP contribution in [-0.4, -0.2) is 0 Å². The summed E-state index contributed by atoms with van der Waals surface area (Å²) >= 11 is 3.99. The minimum Gasteiger partial charge on any atom is -0.360 e. The van der Waals surface area contributed by atoms with Gasteiger partial charge in [0, 0.05) is 11.4 Å². The van der Waals surface area contributed by atoms with Crippen LogP contribution in [0.1, 0.15) is 6.92 Å². The summed E-state index contributed by atoms with van der Waals surface area (Å²) < 4.78 is 0. The maximum Gasteiger partial charge on any atom is 0.0308 e. The largest absolute Gasteiger partial charge is 0.360 e. The maximum atomic E-state index is 3.99. The molecular formula is C9H13NS. The van der Waals surface area contributed by atoms with Gasteiger partial charge < -0.3 is 5.32 Å². The lowest BCUT2D eigenvalue weighted by Crippen LogP contribution is -2.05. The molecule has 0 bridgehead atoms. The van der Waals surface area contributed by atoms with Gasteiger partial charge in [0.25, 0.3) is 0 Å². The average molecular weight is 167 g/mol. The molecule has 0 aromatic heterocycles. The lowest BCUT2D eigenvalue weighted by molar-refractivity contribution is 1.02. The van der Waals surface area contributed by atoms with Crippen molar-refractivity contribution < 1.29 is 0 Å². The highest BCUT2D eigenvalue weighted by Crippen LogP contribution is 2.00. The number of rotatable bonds is 4. The van der Waals surface area contributed by atoms with E-state index in [1.54, 1.807) is 12.2 Å². The predicted octanol–water partition coefficient (Wildman–Crippen LogP) is 2.62. The lowest BCUT2D eigenvalue weighted by Gasteiger charge is -2.02. The van der Waals surface area contributed by atoms with Gasteiger partial charge in [0.1, 0.15) is 0 Å². The Kier molecular flexibility index (Phi) is 4.46. The molecule has 60 valence electrons. The summed E-state index contributed by atoms with van der Waals surface area (Å²) in [6, 6.07) is 0. The smallest absolute Gasteiger partial charge is 0.0308 e. The number of allylic oxidation sites excluding steroid dienone is 3. The Balaban J connectivity index is 3.88. The van der Waals surface area contributed by atoms with Gasteiger partial charge in [0.2, 0.25) is 0 Å². The van der Waals surface area contributed by atoms with E-state index in [9.17, 15) is 0 Å². The van der Waals surface area contributed by atoms with Crippen molar-refractivity contribution in [2.24, 2.45) is 0 Å². The number of nitrogens with one attached hydrogen (secondary N) is 1. The molecular weight excluding hydrogens is 154 g/mol. The van der Waals surface area contributed by atoms with Crippen LogP contribution in [0.3, 0.4) is 0 Å². The van der Waals surface area contributed by atoms with Gasteiger partial charge in [-0.3, -0.25) is 0 Å². The third kappa shape index (κ3) is 7.00. The van der Waals surface area contributed by atoms with Crippen molar-refractivity contribution in [2.45, 2.75) is 6.92 Å². The minimum atomic E-state index is 0.703. The zero-order chi connectivity index (χ0) is 8.85. The SMILES string of the molecule is C=C(S)/C=C\C(=C)NC(=C)C. The van der Waals surface area contributed by atoms with E-state index in [0.29, 0.717) is 4.91 Å². The van der Waals surface area contributed by atoms with E-state index in [2.05, 4.69) is 37.7 Å². The van der Waals surface area contributed by atoms with Gasteiger partial charge in [-0.25, -0.2) is 0 Å². The molecule has 0 saturated carbocycles. The van der Waals surface area contributed by atoms with E-state index in [4.69, 9.17) is 0 Å². The van der Waals surface area contributed by atoms with Crippen LogP contribution in [0, 0.1) is 0 Å². The molecule has 1 N–H and O–H groups in total. The Morgan fingerprint density at radius 3 is 2.18 bits per heavy atom. The first-order chi connectivity index (χ1) is 5.02. The van der Waals surface area contributed by atoms with Crippen LogP contribution >= 0.6 is 12.6 Å². The zero-order valence-corrected chi connectivity index (χ0v) is 7.62. The normalized spacial score (nSPS) is 9.64. The molecule has 0 radical (unpaired) electrons. The van der Waals surface area contributed by atoms with Crippen LogP contribution in [0.5, 0.6) is 0 Å². The summed E-state index contributed by atoms with van der Waals surface area (Å²) in [5.41, 5.74) is 1.65. The van der Waals surface area contributed by atoms with Crippen molar-refractivity contribution in [2.75, 3.05) is 0 Å². The highest BCUT2D eigenvalue weighted by atomic mass is 32.1. The van der Waals surface area contributed by atoms with Crippen molar-refractivity contribution >= 4 is 12.6 Å². The number of hydrogen-bond donors (Lipinski definition) is 2. The van der Waals surface area contributed by atoms with Crippen LogP contribution in [-0.2, 0) is 0 Å². The molecule has 0 aliphatic rings. The first-order valence-corrected chi connectivity index (χ1v) is 3.64. The summed E-state index contributed by atoms with van der Waals surface area (Å²) in [4.78, 5) is 0.703. The Morgan fingerprint density at radius 1 is 1.27 bits per heavy atom. The van der Waals surface area contributed by atoms with Gasteiger partial charge in [0.05, 0.1) is 0 Å². The van der Waals surface area contributed by atoms with Crippen molar-refractivity contribution in [3.8, 4) is 0 Å². The molecule has 0 aromatic carbocycles. The molecule has 11 heavy (non-hydrogen) atoms. The van der Waals surface area contributed by atoms with Gasteiger partial charge >= 0.3 is 0 Å². The summed E-state index contributed by atoms with van der Waals surface area (Å²) in [7, 11) is 0. The van der Waals surface area contributed by atoms with Crippen LogP contribution in [0.2, 0.25) is 0 Å². The number of hydrogen-bond acceptors (Lipinski definition) is 2. The molecule has 0 aliphatic carbocycles. The summed E-state index contributed by atoms with van der Waals surface area (Å²) in [5.74, 6) is 0. The molecule has 2 heteroatoms. The van der Waals surface area contributed by atoms with E-state index in [1.807, 2.05) is 6.92 Å². The van der Waals surface area contributed by atoms with Crippen LogP contribution in [0.4, 0.5) is 0 Å². The minimum absolute atomic E-state index is 0.703. The van der Waals surface area contributed by atoms with Gasteiger partial charge in [-0.15, -0.1) is 12.6 Å². The third-order valence-electron chi connectivity index (χ3n) is 0.851. The van der Waals surface area contributed by atoms with Crippen LogP contribution < -0.4 is 5.32 Å². The standard InChI is InChI=1S/C9H13NS/c1-7(2)10-8(3)5-6-9(4)11/h5-6,10-11H,1,3-4H2,2H3/b6-5-. The molecule has 0 heterocycles. The van der Waals surface area contributed by atoms with Crippen molar-refractivity contribution in [3.05, 3.63) is 48.2 Å². The van der Waals surface area contributed by atoms with Gasteiger partial charge in [-0.2, -0.15) is 0 Å². The zero-order valence-electron chi connectivity index (χ0n) is 6.72. The second-order valence-electron chi connectivity index (χ2n) is 2.26. The van der Waals surface area contributed by atoms with Crippen molar-refractivity contribution in [3.63, 3.8) is 0 Å². The fourth-order valence-corrected chi connectivity index (χ4v) is 0.587. The lowest BCUT2D eigenvalue weighted by atomic mass is 10.4. The monoisotopic (exact) mass is 167 g/mol. The molecule has 0 aromatic rings.